The van der Waals surface area contributed by atoms with E-state index in [9.17, 15) is 4.79 Å². The molecule has 0 saturated heterocycles. The highest BCUT2D eigenvalue weighted by atomic mass is 32.1. The second-order valence-electron chi connectivity index (χ2n) is 3.26. The summed E-state index contributed by atoms with van der Waals surface area (Å²) in [6, 6.07) is 0. The molecule has 0 aliphatic carbocycles. The molecular weight excluding hydrogens is 240 g/mol. The summed E-state index contributed by atoms with van der Waals surface area (Å²) in [6.07, 6.45) is 4.42. The Labute approximate surface area is 101 Å². The zero-order valence-electron chi connectivity index (χ0n) is 8.83. The average Bonchev–Trinajstić information content (AvgIpc) is 2.82. The van der Waals surface area contributed by atoms with Crippen molar-refractivity contribution in [3.63, 3.8) is 0 Å². The minimum atomic E-state index is -1.01. The standard InChI is InChI=1S/C10H10N4O2S/c15-10(16)8-3-12-5-14-9(8)4-11-1-7-2-13-6-17-7/h2-3,5-6,11H,1,4H2,(H,15,16). The molecule has 7 heteroatoms. The number of nitrogens with one attached hydrogen (secondary N) is 1. The van der Waals surface area contributed by atoms with E-state index < -0.39 is 5.97 Å². The highest BCUT2D eigenvalue weighted by molar-refractivity contribution is 7.09. The van der Waals surface area contributed by atoms with Crippen LogP contribution in [0.2, 0.25) is 0 Å². The zero-order chi connectivity index (χ0) is 12.1. The van der Waals surface area contributed by atoms with Crippen LogP contribution in [0.4, 0.5) is 0 Å². The fraction of sp³-hybridized carbons (Fsp3) is 0.200. The summed E-state index contributed by atoms with van der Waals surface area (Å²) in [4.78, 5) is 23.6. The third-order valence-electron chi connectivity index (χ3n) is 2.10. The smallest absolute Gasteiger partial charge is 0.339 e. The maximum atomic E-state index is 10.9. The molecular formula is C10H10N4O2S. The van der Waals surface area contributed by atoms with Crippen LogP contribution in [0.25, 0.3) is 0 Å². The third-order valence-corrected chi connectivity index (χ3v) is 2.88. The van der Waals surface area contributed by atoms with Crippen molar-refractivity contribution in [3.05, 3.63) is 40.4 Å². The summed E-state index contributed by atoms with van der Waals surface area (Å²) < 4.78 is 0. The second kappa shape index (κ2) is 5.46. The van der Waals surface area contributed by atoms with Gasteiger partial charge in [-0.1, -0.05) is 0 Å². The summed E-state index contributed by atoms with van der Waals surface area (Å²) in [5.74, 6) is -1.01. The Hall–Kier alpha value is -1.86. The van der Waals surface area contributed by atoms with Crippen molar-refractivity contribution in [2.24, 2.45) is 0 Å². The van der Waals surface area contributed by atoms with E-state index >= 15 is 0 Å². The van der Waals surface area contributed by atoms with E-state index in [0.29, 0.717) is 18.8 Å². The fourth-order valence-electron chi connectivity index (χ4n) is 1.31. The minimum Gasteiger partial charge on any atom is -0.478 e. The van der Waals surface area contributed by atoms with Crippen molar-refractivity contribution in [3.8, 4) is 0 Å². The van der Waals surface area contributed by atoms with Gasteiger partial charge in [-0.05, 0) is 0 Å². The molecule has 2 rings (SSSR count). The number of aromatic carboxylic acids is 1. The maximum absolute atomic E-state index is 10.9. The SMILES string of the molecule is O=C(O)c1cncnc1CNCc1cncs1. The van der Waals surface area contributed by atoms with Crippen LogP contribution in [-0.4, -0.2) is 26.0 Å². The highest BCUT2D eigenvalue weighted by Crippen LogP contribution is 2.06. The number of carboxylic acids is 1. The van der Waals surface area contributed by atoms with Gasteiger partial charge < -0.3 is 10.4 Å². The number of carboxylic acid groups (broad SMARTS) is 1. The molecule has 0 aliphatic heterocycles. The van der Waals surface area contributed by atoms with Gasteiger partial charge >= 0.3 is 5.97 Å². The van der Waals surface area contributed by atoms with E-state index in [1.54, 1.807) is 23.0 Å². The van der Waals surface area contributed by atoms with Gasteiger partial charge in [0.05, 0.1) is 11.2 Å². The van der Waals surface area contributed by atoms with Crippen molar-refractivity contribution >= 4 is 17.3 Å². The molecule has 2 aromatic heterocycles. The molecule has 0 unspecified atom stereocenters. The first-order chi connectivity index (χ1) is 8.27. The lowest BCUT2D eigenvalue weighted by molar-refractivity contribution is 0.0694. The van der Waals surface area contributed by atoms with Gasteiger partial charge in [0.1, 0.15) is 11.9 Å². The van der Waals surface area contributed by atoms with E-state index in [1.165, 1.54) is 12.5 Å². The van der Waals surface area contributed by atoms with E-state index in [4.69, 9.17) is 5.11 Å². The van der Waals surface area contributed by atoms with Gasteiger partial charge in [0, 0.05) is 30.4 Å². The van der Waals surface area contributed by atoms with E-state index in [1.807, 2.05) is 0 Å². The van der Waals surface area contributed by atoms with Crippen LogP contribution >= 0.6 is 11.3 Å². The van der Waals surface area contributed by atoms with Crippen molar-refractivity contribution in [1.82, 2.24) is 20.3 Å². The van der Waals surface area contributed by atoms with Crippen LogP contribution in [0.3, 0.4) is 0 Å². The predicted molar refractivity (Wildman–Crippen MR) is 61.6 cm³/mol. The zero-order valence-corrected chi connectivity index (χ0v) is 9.65. The molecule has 0 radical (unpaired) electrons. The molecule has 0 atom stereocenters. The van der Waals surface area contributed by atoms with Crippen LogP contribution < -0.4 is 5.32 Å². The summed E-state index contributed by atoms with van der Waals surface area (Å²) in [6.45, 7) is 1.04. The molecule has 0 bridgehead atoms. The Kier molecular flexibility index (Phi) is 3.73. The average molecular weight is 250 g/mol. The van der Waals surface area contributed by atoms with E-state index in [-0.39, 0.29) is 5.56 Å². The first kappa shape index (κ1) is 11.6. The Bertz CT molecular complexity index is 501. The molecule has 0 fully saturated rings. The molecule has 0 aromatic carbocycles. The van der Waals surface area contributed by atoms with Gasteiger partial charge in [0.2, 0.25) is 0 Å². The van der Waals surface area contributed by atoms with E-state index in [0.717, 1.165) is 4.88 Å². The lowest BCUT2D eigenvalue weighted by atomic mass is 10.2. The summed E-state index contributed by atoms with van der Waals surface area (Å²) in [5.41, 5.74) is 2.37. The summed E-state index contributed by atoms with van der Waals surface area (Å²) in [5, 5.41) is 12.0. The fourth-order valence-corrected chi connectivity index (χ4v) is 1.87. The van der Waals surface area contributed by atoms with Gasteiger partial charge in [-0.2, -0.15) is 0 Å². The third kappa shape index (κ3) is 3.05. The number of aromatic nitrogens is 3. The first-order valence-corrected chi connectivity index (χ1v) is 5.75. The second-order valence-corrected chi connectivity index (χ2v) is 4.23. The molecule has 17 heavy (non-hydrogen) atoms. The quantitative estimate of drug-likeness (QED) is 0.820. The van der Waals surface area contributed by atoms with Crippen LogP contribution in [0.5, 0.6) is 0 Å². The van der Waals surface area contributed by atoms with Crippen molar-refractivity contribution < 1.29 is 9.90 Å². The number of nitrogens with zero attached hydrogens (tertiary/aromatic N) is 3. The molecule has 2 N–H and O–H groups in total. The van der Waals surface area contributed by atoms with Gasteiger partial charge in [-0.15, -0.1) is 11.3 Å². The van der Waals surface area contributed by atoms with Gasteiger partial charge in [-0.25, -0.2) is 14.8 Å². The van der Waals surface area contributed by atoms with E-state index in [2.05, 4.69) is 20.3 Å². The van der Waals surface area contributed by atoms with Crippen LogP contribution in [0, 0.1) is 0 Å². The topological polar surface area (TPSA) is 88.0 Å². The number of hydrogen-bond acceptors (Lipinski definition) is 6. The van der Waals surface area contributed by atoms with Crippen LogP contribution in [0.1, 0.15) is 20.9 Å². The van der Waals surface area contributed by atoms with Gasteiger partial charge in [0.25, 0.3) is 0 Å². The number of carbonyl (C=O) groups is 1. The maximum Gasteiger partial charge on any atom is 0.339 e. The molecule has 2 aromatic rings. The van der Waals surface area contributed by atoms with Crippen LogP contribution in [-0.2, 0) is 13.1 Å². The van der Waals surface area contributed by atoms with Gasteiger partial charge in [-0.3, -0.25) is 4.98 Å². The minimum absolute atomic E-state index is 0.129. The number of rotatable bonds is 5. The molecule has 0 saturated carbocycles. The monoisotopic (exact) mass is 250 g/mol. The molecule has 88 valence electrons. The largest absolute Gasteiger partial charge is 0.478 e. The lowest BCUT2D eigenvalue weighted by Gasteiger charge is -2.04. The Morgan fingerprint density at radius 2 is 2.24 bits per heavy atom. The predicted octanol–water partition coefficient (Wildman–Crippen LogP) is 0.921. The summed E-state index contributed by atoms with van der Waals surface area (Å²) >= 11 is 1.55. The molecule has 2 heterocycles. The highest BCUT2D eigenvalue weighted by Gasteiger charge is 2.10. The van der Waals surface area contributed by atoms with Crippen molar-refractivity contribution in [1.29, 1.82) is 0 Å². The van der Waals surface area contributed by atoms with Crippen LogP contribution in [0.15, 0.2) is 24.2 Å². The molecule has 6 nitrogen and oxygen atoms in total. The molecule has 0 aliphatic rings. The Morgan fingerprint density at radius 1 is 1.35 bits per heavy atom. The van der Waals surface area contributed by atoms with Gasteiger partial charge in [0.15, 0.2) is 0 Å². The Morgan fingerprint density at radius 3 is 2.94 bits per heavy atom. The normalized spacial score (nSPS) is 10.4. The number of hydrogen-bond donors (Lipinski definition) is 2. The molecule has 0 amide bonds. The van der Waals surface area contributed by atoms with Crippen molar-refractivity contribution in [2.45, 2.75) is 13.1 Å². The lowest BCUT2D eigenvalue weighted by Crippen LogP contribution is -2.16. The molecule has 0 spiro atoms. The number of thiazole rings is 1. The van der Waals surface area contributed by atoms with Crippen molar-refractivity contribution in [2.75, 3.05) is 0 Å². The Balaban J connectivity index is 1.97. The summed E-state index contributed by atoms with van der Waals surface area (Å²) in [7, 11) is 0. The first-order valence-electron chi connectivity index (χ1n) is 4.87.